The molecule has 0 spiro atoms. The highest BCUT2D eigenvalue weighted by Crippen LogP contribution is 2.02. The van der Waals surface area contributed by atoms with E-state index in [2.05, 4.69) is 6.07 Å². The van der Waals surface area contributed by atoms with Crippen LogP contribution >= 0.6 is 0 Å². The van der Waals surface area contributed by atoms with Gasteiger partial charge in [-0.05, 0) is 19.1 Å². The van der Waals surface area contributed by atoms with E-state index < -0.39 is 0 Å². The predicted octanol–water partition coefficient (Wildman–Crippen LogP) is 1.02. The highest BCUT2D eigenvalue weighted by atomic mass is 16.5. The molecule has 1 heterocycles. The van der Waals surface area contributed by atoms with Gasteiger partial charge in [0.15, 0.2) is 5.75 Å². The number of hydrogen-bond donors (Lipinski definition) is 0. The van der Waals surface area contributed by atoms with Gasteiger partial charge in [0.1, 0.15) is 0 Å². The summed E-state index contributed by atoms with van der Waals surface area (Å²) < 4.78 is 6.36. The number of aromatic nitrogens is 1. The number of ether oxygens (including phenoxy) is 1. The summed E-state index contributed by atoms with van der Waals surface area (Å²) in [7, 11) is 1.45. The summed E-state index contributed by atoms with van der Waals surface area (Å²) in [4.78, 5) is 11.6. The number of methoxy groups -OCH3 is 1. The SMILES string of the molecule is COc1cccn(CC(C)C#N)c1=O. The summed E-state index contributed by atoms with van der Waals surface area (Å²) in [5.41, 5.74) is -0.197. The van der Waals surface area contributed by atoms with E-state index in [1.54, 1.807) is 25.3 Å². The number of nitrogens with zero attached hydrogens (tertiary/aromatic N) is 2. The second kappa shape index (κ2) is 4.47. The molecule has 1 unspecified atom stereocenters. The molecule has 0 radical (unpaired) electrons. The lowest BCUT2D eigenvalue weighted by Gasteiger charge is -2.07. The van der Waals surface area contributed by atoms with E-state index in [4.69, 9.17) is 10.00 Å². The molecule has 0 N–H and O–H groups in total. The number of hydrogen-bond acceptors (Lipinski definition) is 3. The second-order valence-corrected chi connectivity index (χ2v) is 3.06. The molecule has 0 aliphatic rings. The van der Waals surface area contributed by atoms with Gasteiger partial charge in [0, 0.05) is 12.7 Å². The van der Waals surface area contributed by atoms with Crippen LogP contribution in [0.25, 0.3) is 0 Å². The van der Waals surface area contributed by atoms with Gasteiger partial charge in [-0.25, -0.2) is 0 Å². The van der Waals surface area contributed by atoms with Crippen molar-refractivity contribution in [2.75, 3.05) is 7.11 Å². The van der Waals surface area contributed by atoms with Crippen molar-refractivity contribution in [1.29, 1.82) is 5.26 Å². The first-order valence-corrected chi connectivity index (χ1v) is 4.32. The fourth-order valence-corrected chi connectivity index (χ4v) is 1.15. The van der Waals surface area contributed by atoms with Gasteiger partial charge in [-0.2, -0.15) is 5.26 Å². The van der Waals surface area contributed by atoms with E-state index in [0.717, 1.165) is 0 Å². The Morgan fingerprint density at radius 1 is 1.71 bits per heavy atom. The third kappa shape index (κ3) is 2.13. The smallest absolute Gasteiger partial charge is 0.292 e. The fourth-order valence-electron chi connectivity index (χ4n) is 1.15. The Bertz CT molecular complexity index is 403. The Morgan fingerprint density at radius 2 is 2.43 bits per heavy atom. The molecular weight excluding hydrogens is 180 g/mol. The maximum absolute atomic E-state index is 11.6. The van der Waals surface area contributed by atoms with Crippen molar-refractivity contribution in [2.24, 2.45) is 5.92 Å². The molecule has 4 heteroatoms. The molecule has 0 saturated heterocycles. The van der Waals surface area contributed by atoms with Crippen molar-refractivity contribution in [3.05, 3.63) is 28.7 Å². The van der Waals surface area contributed by atoms with Crippen molar-refractivity contribution in [3.63, 3.8) is 0 Å². The minimum atomic E-state index is -0.197. The highest BCUT2D eigenvalue weighted by Gasteiger charge is 2.05. The average molecular weight is 192 g/mol. The van der Waals surface area contributed by atoms with Crippen LogP contribution in [0.4, 0.5) is 0 Å². The molecule has 0 amide bonds. The molecule has 0 aliphatic carbocycles. The monoisotopic (exact) mass is 192 g/mol. The molecule has 1 aromatic heterocycles. The fraction of sp³-hybridized carbons (Fsp3) is 0.400. The van der Waals surface area contributed by atoms with E-state index in [-0.39, 0.29) is 11.5 Å². The third-order valence-corrected chi connectivity index (χ3v) is 1.90. The van der Waals surface area contributed by atoms with E-state index >= 15 is 0 Å². The van der Waals surface area contributed by atoms with Crippen LogP contribution in [0.15, 0.2) is 23.1 Å². The minimum absolute atomic E-state index is 0.181. The Labute approximate surface area is 82.4 Å². The Balaban J connectivity index is 3.00. The number of nitriles is 1. The van der Waals surface area contributed by atoms with Crippen molar-refractivity contribution in [1.82, 2.24) is 4.57 Å². The van der Waals surface area contributed by atoms with Gasteiger partial charge in [0.05, 0.1) is 19.1 Å². The first kappa shape index (κ1) is 10.3. The molecule has 0 aromatic carbocycles. The lowest BCUT2D eigenvalue weighted by atomic mass is 10.2. The molecule has 0 saturated carbocycles. The molecule has 0 bridgehead atoms. The topological polar surface area (TPSA) is 55.0 Å². The van der Waals surface area contributed by atoms with Crippen molar-refractivity contribution < 1.29 is 4.74 Å². The zero-order chi connectivity index (χ0) is 10.6. The summed E-state index contributed by atoms with van der Waals surface area (Å²) in [6.07, 6.45) is 1.65. The molecule has 14 heavy (non-hydrogen) atoms. The van der Waals surface area contributed by atoms with Crippen LogP contribution in [0.2, 0.25) is 0 Å². The van der Waals surface area contributed by atoms with Crippen LogP contribution in [0.1, 0.15) is 6.92 Å². The lowest BCUT2D eigenvalue weighted by molar-refractivity contribution is 0.400. The van der Waals surface area contributed by atoms with Crippen LogP contribution in [0.5, 0.6) is 5.75 Å². The normalized spacial score (nSPS) is 11.8. The van der Waals surface area contributed by atoms with Crippen molar-refractivity contribution in [2.45, 2.75) is 13.5 Å². The van der Waals surface area contributed by atoms with Crippen LogP contribution < -0.4 is 10.3 Å². The van der Waals surface area contributed by atoms with Crippen LogP contribution in [0, 0.1) is 17.2 Å². The quantitative estimate of drug-likeness (QED) is 0.718. The first-order chi connectivity index (χ1) is 6.69. The van der Waals surface area contributed by atoms with Gasteiger partial charge in [-0.15, -0.1) is 0 Å². The van der Waals surface area contributed by atoms with Crippen LogP contribution in [0.3, 0.4) is 0 Å². The molecule has 1 rings (SSSR count). The predicted molar refractivity (Wildman–Crippen MR) is 52.0 cm³/mol. The van der Waals surface area contributed by atoms with Gasteiger partial charge >= 0.3 is 0 Å². The lowest BCUT2D eigenvalue weighted by Crippen LogP contribution is -2.22. The van der Waals surface area contributed by atoms with E-state index in [1.165, 1.54) is 11.7 Å². The second-order valence-electron chi connectivity index (χ2n) is 3.06. The molecule has 4 nitrogen and oxygen atoms in total. The Morgan fingerprint density at radius 3 is 3.00 bits per heavy atom. The maximum Gasteiger partial charge on any atom is 0.292 e. The van der Waals surface area contributed by atoms with Gasteiger partial charge < -0.3 is 9.30 Å². The Hall–Kier alpha value is -1.76. The van der Waals surface area contributed by atoms with Crippen LogP contribution in [-0.2, 0) is 6.54 Å². The summed E-state index contributed by atoms with van der Waals surface area (Å²) in [5, 5.41) is 8.62. The van der Waals surface area contributed by atoms with Crippen LogP contribution in [-0.4, -0.2) is 11.7 Å². The zero-order valence-corrected chi connectivity index (χ0v) is 8.23. The van der Waals surface area contributed by atoms with Crippen molar-refractivity contribution >= 4 is 0 Å². The van der Waals surface area contributed by atoms with Gasteiger partial charge in [-0.3, -0.25) is 4.79 Å². The van der Waals surface area contributed by atoms with E-state index in [9.17, 15) is 4.79 Å². The van der Waals surface area contributed by atoms with E-state index in [0.29, 0.717) is 12.3 Å². The Kier molecular flexibility index (Phi) is 3.29. The molecule has 1 aromatic rings. The van der Waals surface area contributed by atoms with Gasteiger partial charge in [-0.1, -0.05) is 0 Å². The number of rotatable bonds is 3. The zero-order valence-electron chi connectivity index (χ0n) is 8.23. The highest BCUT2D eigenvalue weighted by molar-refractivity contribution is 5.17. The minimum Gasteiger partial charge on any atom is -0.491 e. The molecule has 1 atom stereocenters. The largest absolute Gasteiger partial charge is 0.491 e. The summed E-state index contributed by atoms with van der Waals surface area (Å²) >= 11 is 0. The standard InChI is InChI=1S/C10H12N2O2/c1-8(6-11)7-12-5-3-4-9(14-2)10(12)13/h3-5,8H,7H2,1-2H3. The summed E-state index contributed by atoms with van der Waals surface area (Å²) in [5.74, 6) is 0.123. The number of pyridine rings is 1. The van der Waals surface area contributed by atoms with Gasteiger partial charge in [0.2, 0.25) is 0 Å². The maximum atomic E-state index is 11.6. The summed E-state index contributed by atoms with van der Waals surface area (Å²) in [6.45, 7) is 2.17. The molecule has 0 fully saturated rings. The van der Waals surface area contributed by atoms with Crippen molar-refractivity contribution in [3.8, 4) is 11.8 Å². The molecule has 74 valence electrons. The third-order valence-electron chi connectivity index (χ3n) is 1.90. The molecule has 0 aliphatic heterocycles. The summed E-state index contributed by atoms with van der Waals surface area (Å²) in [6, 6.07) is 5.41. The van der Waals surface area contributed by atoms with Gasteiger partial charge in [0.25, 0.3) is 5.56 Å². The first-order valence-electron chi connectivity index (χ1n) is 4.32. The molecular formula is C10H12N2O2. The average Bonchev–Trinajstić information content (AvgIpc) is 2.21. The van der Waals surface area contributed by atoms with E-state index in [1.807, 2.05) is 0 Å².